The van der Waals surface area contributed by atoms with E-state index in [-0.39, 0.29) is 18.1 Å². The molecule has 1 aromatic rings. The summed E-state index contributed by atoms with van der Waals surface area (Å²) in [6.07, 6.45) is 0.966. The van der Waals surface area contributed by atoms with E-state index in [1.807, 2.05) is 11.8 Å². The van der Waals surface area contributed by atoms with Gasteiger partial charge in [-0.1, -0.05) is 30.3 Å². The third kappa shape index (κ3) is 4.15. The Hall–Kier alpha value is -1.43. The van der Waals surface area contributed by atoms with Crippen molar-refractivity contribution in [2.24, 2.45) is 0 Å². The SMILES string of the molecule is CC1CCN(C(=O)[C@H]2NCCO[C@@H]2C)CCN1Cc1ccccc1. The van der Waals surface area contributed by atoms with E-state index in [2.05, 4.69) is 47.5 Å². The summed E-state index contributed by atoms with van der Waals surface area (Å²) in [6, 6.07) is 10.9. The molecule has 0 bridgehead atoms. The topological polar surface area (TPSA) is 44.8 Å². The summed E-state index contributed by atoms with van der Waals surface area (Å²) in [5.41, 5.74) is 1.33. The number of amides is 1. The van der Waals surface area contributed by atoms with E-state index < -0.39 is 0 Å². The van der Waals surface area contributed by atoms with Crippen LogP contribution in [-0.2, 0) is 16.1 Å². The van der Waals surface area contributed by atoms with Gasteiger partial charge in [-0.2, -0.15) is 0 Å². The van der Waals surface area contributed by atoms with Gasteiger partial charge in [0.1, 0.15) is 6.04 Å². The van der Waals surface area contributed by atoms with Crippen LogP contribution in [0.5, 0.6) is 0 Å². The second-order valence-corrected chi connectivity index (χ2v) is 6.93. The lowest BCUT2D eigenvalue weighted by atomic mass is 10.1. The van der Waals surface area contributed by atoms with E-state index in [1.54, 1.807) is 0 Å². The summed E-state index contributed by atoms with van der Waals surface area (Å²) >= 11 is 0. The van der Waals surface area contributed by atoms with Crippen LogP contribution in [0.3, 0.4) is 0 Å². The van der Waals surface area contributed by atoms with E-state index in [0.29, 0.717) is 12.6 Å². The Morgan fingerprint density at radius 2 is 2.00 bits per heavy atom. The molecule has 2 aliphatic rings. The second-order valence-electron chi connectivity index (χ2n) is 6.93. The van der Waals surface area contributed by atoms with Gasteiger partial charge in [-0.15, -0.1) is 0 Å². The average Bonchev–Trinajstić information content (AvgIpc) is 2.78. The van der Waals surface area contributed by atoms with Crippen LogP contribution < -0.4 is 5.32 Å². The standard InChI is InChI=1S/C19H29N3O2/c1-15-8-10-21(19(23)18-16(2)24-13-9-20-18)11-12-22(15)14-17-6-4-3-5-7-17/h3-7,15-16,18,20H,8-14H2,1-2H3/t15?,16-,18+/m1/s1. The largest absolute Gasteiger partial charge is 0.375 e. The lowest BCUT2D eigenvalue weighted by Crippen LogP contribution is -2.56. The number of benzene rings is 1. The van der Waals surface area contributed by atoms with Crippen LogP contribution in [0.4, 0.5) is 0 Å². The van der Waals surface area contributed by atoms with Crippen molar-refractivity contribution in [3.05, 3.63) is 35.9 Å². The molecule has 132 valence electrons. The van der Waals surface area contributed by atoms with Crippen molar-refractivity contribution in [2.75, 3.05) is 32.8 Å². The maximum absolute atomic E-state index is 12.9. The highest BCUT2D eigenvalue weighted by atomic mass is 16.5. The fraction of sp³-hybridized carbons (Fsp3) is 0.632. The first-order chi connectivity index (χ1) is 11.6. The van der Waals surface area contributed by atoms with Gasteiger partial charge in [-0.3, -0.25) is 9.69 Å². The third-order valence-electron chi connectivity index (χ3n) is 5.22. The molecule has 2 fully saturated rings. The minimum atomic E-state index is -0.199. The maximum Gasteiger partial charge on any atom is 0.242 e. The van der Waals surface area contributed by atoms with Crippen LogP contribution >= 0.6 is 0 Å². The summed E-state index contributed by atoms with van der Waals surface area (Å²) in [5, 5.41) is 3.32. The highest BCUT2D eigenvalue weighted by Gasteiger charge is 2.33. The fourth-order valence-electron chi connectivity index (χ4n) is 3.59. The van der Waals surface area contributed by atoms with Crippen LogP contribution in [-0.4, -0.2) is 66.7 Å². The van der Waals surface area contributed by atoms with Crippen LogP contribution in [0.25, 0.3) is 0 Å². The molecule has 0 aromatic heterocycles. The van der Waals surface area contributed by atoms with Gasteiger partial charge in [-0.25, -0.2) is 0 Å². The first kappa shape index (κ1) is 17.4. The Bertz CT molecular complexity index is 537. The van der Waals surface area contributed by atoms with Crippen molar-refractivity contribution in [2.45, 2.75) is 45.0 Å². The minimum Gasteiger partial charge on any atom is -0.375 e. The minimum absolute atomic E-state index is 0.0488. The molecule has 1 amide bonds. The van der Waals surface area contributed by atoms with E-state index in [4.69, 9.17) is 4.74 Å². The molecule has 0 spiro atoms. The van der Waals surface area contributed by atoms with Gasteiger partial charge < -0.3 is 15.0 Å². The number of carbonyl (C=O) groups excluding carboxylic acids is 1. The number of hydrogen-bond acceptors (Lipinski definition) is 4. The molecule has 5 heteroatoms. The predicted molar refractivity (Wildman–Crippen MR) is 94.7 cm³/mol. The lowest BCUT2D eigenvalue weighted by molar-refractivity contribution is -0.139. The highest BCUT2D eigenvalue weighted by molar-refractivity contribution is 5.82. The van der Waals surface area contributed by atoms with Crippen molar-refractivity contribution in [1.29, 1.82) is 0 Å². The third-order valence-corrected chi connectivity index (χ3v) is 5.22. The Morgan fingerprint density at radius 1 is 1.21 bits per heavy atom. The zero-order chi connectivity index (χ0) is 16.9. The molecule has 0 radical (unpaired) electrons. The number of nitrogens with zero attached hydrogens (tertiary/aromatic N) is 2. The summed E-state index contributed by atoms with van der Waals surface area (Å²) in [7, 11) is 0. The molecule has 0 aliphatic carbocycles. The van der Waals surface area contributed by atoms with Crippen molar-refractivity contribution in [3.63, 3.8) is 0 Å². The number of carbonyl (C=O) groups is 1. The van der Waals surface area contributed by atoms with Crippen LogP contribution in [0, 0.1) is 0 Å². The van der Waals surface area contributed by atoms with Crippen LogP contribution in [0.1, 0.15) is 25.8 Å². The number of rotatable bonds is 3. The Morgan fingerprint density at radius 3 is 2.75 bits per heavy atom. The second kappa shape index (κ2) is 8.10. The normalized spacial score (nSPS) is 29.2. The molecule has 0 saturated carbocycles. The Balaban J connectivity index is 1.60. The quantitative estimate of drug-likeness (QED) is 0.911. The van der Waals surface area contributed by atoms with Crippen molar-refractivity contribution in [1.82, 2.24) is 15.1 Å². The first-order valence-corrected chi connectivity index (χ1v) is 9.07. The zero-order valence-electron chi connectivity index (χ0n) is 14.8. The monoisotopic (exact) mass is 331 g/mol. The van der Waals surface area contributed by atoms with Crippen LogP contribution in [0.2, 0.25) is 0 Å². The van der Waals surface area contributed by atoms with Gasteiger partial charge in [0.05, 0.1) is 12.7 Å². The number of ether oxygens (including phenoxy) is 1. The Kier molecular flexibility index (Phi) is 5.87. The number of morpholine rings is 1. The summed E-state index contributed by atoms with van der Waals surface area (Å²) in [6.45, 7) is 9.18. The van der Waals surface area contributed by atoms with E-state index >= 15 is 0 Å². The maximum atomic E-state index is 12.9. The van der Waals surface area contributed by atoms with Crippen molar-refractivity contribution >= 4 is 5.91 Å². The Labute approximate surface area is 145 Å². The van der Waals surface area contributed by atoms with E-state index in [1.165, 1.54) is 5.56 Å². The molecule has 5 nitrogen and oxygen atoms in total. The van der Waals surface area contributed by atoms with Crippen molar-refractivity contribution < 1.29 is 9.53 Å². The summed E-state index contributed by atoms with van der Waals surface area (Å²) < 4.78 is 5.63. The molecule has 1 N–H and O–H groups in total. The fourth-order valence-corrected chi connectivity index (χ4v) is 3.59. The average molecular weight is 331 g/mol. The molecule has 1 unspecified atom stereocenters. The molecular weight excluding hydrogens is 302 g/mol. The molecule has 3 atom stereocenters. The number of nitrogens with one attached hydrogen (secondary N) is 1. The number of hydrogen-bond donors (Lipinski definition) is 1. The summed E-state index contributed by atoms with van der Waals surface area (Å²) in [4.78, 5) is 17.4. The van der Waals surface area contributed by atoms with E-state index in [9.17, 15) is 4.79 Å². The van der Waals surface area contributed by atoms with Crippen molar-refractivity contribution in [3.8, 4) is 0 Å². The van der Waals surface area contributed by atoms with Gasteiger partial charge in [-0.05, 0) is 25.8 Å². The predicted octanol–water partition coefficient (Wildman–Crippen LogP) is 1.49. The molecule has 3 rings (SSSR count). The molecule has 1 aromatic carbocycles. The smallest absolute Gasteiger partial charge is 0.242 e. The van der Waals surface area contributed by atoms with E-state index in [0.717, 1.165) is 39.1 Å². The van der Waals surface area contributed by atoms with Gasteiger partial charge in [0, 0.05) is 38.8 Å². The van der Waals surface area contributed by atoms with Crippen LogP contribution in [0.15, 0.2) is 30.3 Å². The summed E-state index contributed by atoms with van der Waals surface area (Å²) in [5.74, 6) is 0.191. The molecule has 2 saturated heterocycles. The zero-order valence-corrected chi connectivity index (χ0v) is 14.8. The highest BCUT2D eigenvalue weighted by Crippen LogP contribution is 2.16. The molecule has 24 heavy (non-hydrogen) atoms. The molecule has 2 aliphatic heterocycles. The van der Waals surface area contributed by atoms with Gasteiger partial charge >= 0.3 is 0 Å². The molecular formula is C19H29N3O2. The van der Waals surface area contributed by atoms with Gasteiger partial charge in [0.15, 0.2) is 0 Å². The molecule has 2 heterocycles. The first-order valence-electron chi connectivity index (χ1n) is 9.07. The lowest BCUT2D eigenvalue weighted by Gasteiger charge is -2.33. The van der Waals surface area contributed by atoms with Gasteiger partial charge in [0.25, 0.3) is 0 Å². The van der Waals surface area contributed by atoms with Gasteiger partial charge in [0.2, 0.25) is 5.91 Å².